The monoisotopic (exact) mass is 266 g/mol. The summed E-state index contributed by atoms with van der Waals surface area (Å²) in [5.74, 6) is -0.903. The van der Waals surface area contributed by atoms with Crippen LogP contribution in [0.3, 0.4) is 0 Å². The third-order valence-electron chi connectivity index (χ3n) is 2.38. The number of carbonyl (C=O) groups excluding carboxylic acids is 2. The highest BCUT2D eigenvalue weighted by Crippen LogP contribution is 2.14. The highest BCUT2D eigenvalue weighted by Gasteiger charge is 2.29. The maximum absolute atomic E-state index is 11.6. The van der Waals surface area contributed by atoms with Gasteiger partial charge in [0.1, 0.15) is 13.2 Å². The molecule has 0 saturated carbocycles. The van der Waals surface area contributed by atoms with Crippen molar-refractivity contribution in [2.75, 3.05) is 13.2 Å². The molecule has 2 rings (SSSR count). The van der Waals surface area contributed by atoms with Gasteiger partial charge in [-0.3, -0.25) is 4.79 Å². The fraction of sp³-hybridized carbons (Fsp3) is 0.385. The van der Waals surface area contributed by atoms with Crippen LogP contribution in [0.4, 0.5) is 0 Å². The lowest BCUT2D eigenvalue weighted by molar-refractivity contribution is -0.177. The summed E-state index contributed by atoms with van der Waals surface area (Å²) in [6, 6.07) is 8.61. The van der Waals surface area contributed by atoms with Gasteiger partial charge in [-0.25, -0.2) is 4.79 Å². The number of rotatable bonds is 4. The quantitative estimate of drug-likeness (QED) is 0.760. The van der Waals surface area contributed by atoms with E-state index >= 15 is 0 Å². The number of benzene rings is 1. The van der Waals surface area contributed by atoms with Gasteiger partial charge in [0, 0.05) is 6.92 Å². The zero-order valence-corrected chi connectivity index (χ0v) is 10.4. The molecule has 0 amide bonds. The van der Waals surface area contributed by atoms with Gasteiger partial charge in [-0.15, -0.1) is 0 Å². The molecule has 1 fully saturated rings. The van der Waals surface area contributed by atoms with Crippen LogP contribution >= 0.6 is 0 Å². The minimum atomic E-state index is -0.738. The molecule has 2 atom stereocenters. The molecule has 19 heavy (non-hydrogen) atoms. The number of ether oxygens (including phenoxy) is 4. The van der Waals surface area contributed by atoms with Gasteiger partial charge in [-0.1, -0.05) is 18.2 Å². The predicted octanol–water partition coefficient (Wildman–Crippen LogP) is 1.11. The molecule has 0 aromatic heterocycles. The number of carbonyl (C=O) groups is 2. The predicted molar refractivity (Wildman–Crippen MR) is 63.1 cm³/mol. The highest BCUT2D eigenvalue weighted by molar-refractivity contribution is 5.89. The molecular formula is C13H14O6. The van der Waals surface area contributed by atoms with Gasteiger partial charge in [0.05, 0.1) is 5.56 Å². The van der Waals surface area contributed by atoms with E-state index in [2.05, 4.69) is 0 Å². The Balaban J connectivity index is 1.75. The van der Waals surface area contributed by atoms with Crippen LogP contribution in [0.5, 0.6) is 0 Å². The lowest BCUT2D eigenvalue weighted by atomic mass is 10.2. The summed E-state index contributed by atoms with van der Waals surface area (Å²) < 4.78 is 20.2. The summed E-state index contributed by atoms with van der Waals surface area (Å²) in [5.41, 5.74) is 0.456. The van der Waals surface area contributed by atoms with E-state index in [-0.39, 0.29) is 13.2 Å². The van der Waals surface area contributed by atoms with Gasteiger partial charge >= 0.3 is 11.9 Å². The van der Waals surface area contributed by atoms with Crippen LogP contribution in [0.25, 0.3) is 0 Å². The molecule has 1 aromatic rings. The van der Waals surface area contributed by atoms with Crippen molar-refractivity contribution in [1.82, 2.24) is 0 Å². The maximum Gasteiger partial charge on any atom is 0.338 e. The van der Waals surface area contributed by atoms with Crippen molar-refractivity contribution < 1.29 is 28.5 Å². The molecule has 102 valence electrons. The molecular weight excluding hydrogens is 252 g/mol. The van der Waals surface area contributed by atoms with Crippen LogP contribution in [0.2, 0.25) is 0 Å². The Bertz CT molecular complexity index is 444. The lowest BCUT2D eigenvalue weighted by Crippen LogP contribution is -2.22. The molecule has 1 aromatic carbocycles. The molecule has 1 saturated heterocycles. The minimum absolute atomic E-state index is 0.0501. The normalized spacial score (nSPS) is 21.9. The van der Waals surface area contributed by atoms with Gasteiger partial charge < -0.3 is 18.9 Å². The van der Waals surface area contributed by atoms with Crippen LogP contribution in [-0.2, 0) is 23.7 Å². The van der Waals surface area contributed by atoms with Gasteiger partial charge in [-0.05, 0) is 12.1 Å². The number of hydrogen-bond donors (Lipinski definition) is 0. The summed E-state index contributed by atoms with van der Waals surface area (Å²) in [5, 5.41) is 0. The summed E-state index contributed by atoms with van der Waals surface area (Å²) in [7, 11) is 0. The zero-order chi connectivity index (χ0) is 13.7. The van der Waals surface area contributed by atoms with Crippen molar-refractivity contribution in [3.05, 3.63) is 35.9 Å². The smallest absolute Gasteiger partial charge is 0.338 e. The van der Waals surface area contributed by atoms with Gasteiger partial charge in [0.2, 0.25) is 6.29 Å². The lowest BCUT2D eigenvalue weighted by Gasteiger charge is -2.11. The SMILES string of the molecule is CC(=O)O[C@@H]1CO[C@H](COC(=O)c2ccccc2)O1. The Labute approximate surface area is 110 Å². The van der Waals surface area contributed by atoms with Crippen LogP contribution in [0.15, 0.2) is 30.3 Å². The van der Waals surface area contributed by atoms with E-state index in [4.69, 9.17) is 18.9 Å². The second-order valence-corrected chi connectivity index (χ2v) is 3.90. The first kappa shape index (κ1) is 13.5. The Kier molecular flexibility index (Phi) is 4.48. The molecule has 0 aliphatic carbocycles. The van der Waals surface area contributed by atoms with Crippen molar-refractivity contribution in [3.8, 4) is 0 Å². The van der Waals surface area contributed by atoms with Crippen LogP contribution in [0.1, 0.15) is 17.3 Å². The Morgan fingerprint density at radius 2 is 2.05 bits per heavy atom. The van der Waals surface area contributed by atoms with E-state index in [1.807, 2.05) is 6.07 Å². The molecule has 1 aliphatic rings. The van der Waals surface area contributed by atoms with E-state index in [9.17, 15) is 9.59 Å². The average Bonchev–Trinajstić information content (AvgIpc) is 2.84. The fourth-order valence-corrected chi connectivity index (χ4v) is 1.57. The van der Waals surface area contributed by atoms with E-state index in [1.54, 1.807) is 24.3 Å². The Morgan fingerprint density at radius 3 is 2.74 bits per heavy atom. The van der Waals surface area contributed by atoms with Gasteiger partial charge in [0.25, 0.3) is 0 Å². The van der Waals surface area contributed by atoms with Crippen molar-refractivity contribution in [2.24, 2.45) is 0 Å². The maximum atomic E-state index is 11.6. The molecule has 0 bridgehead atoms. The molecule has 0 unspecified atom stereocenters. The molecule has 1 aliphatic heterocycles. The number of esters is 2. The minimum Gasteiger partial charge on any atom is -0.457 e. The second-order valence-electron chi connectivity index (χ2n) is 3.90. The molecule has 6 heteroatoms. The Morgan fingerprint density at radius 1 is 1.32 bits per heavy atom. The zero-order valence-electron chi connectivity index (χ0n) is 10.4. The van der Waals surface area contributed by atoms with Crippen molar-refractivity contribution in [2.45, 2.75) is 19.5 Å². The van der Waals surface area contributed by atoms with Gasteiger partial charge in [0.15, 0.2) is 6.29 Å². The molecule has 0 N–H and O–H groups in total. The summed E-state index contributed by atoms with van der Waals surface area (Å²) >= 11 is 0. The van der Waals surface area contributed by atoms with Crippen molar-refractivity contribution in [1.29, 1.82) is 0 Å². The largest absolute Gasteiger partial charge is 0.457 e. The summed E-state index contributed by atoms with van der Waals surface area (Å²) in [4.78, 5) is 22.4. The summed E-state index contributed by atoms with van der Waals surface area (Å²) in [6.07, 6.45) is -1.45. The van der Waals surface area contributed by atoms with Gasteiger partial charge in [-0.2, -0.15) is 0 Å². The fourth-order valence-electron chi connectivity index (χ4n) is 1.57. The molecule has 1 heterocycles. The van der Waals surface area contributed by atoms with E-state index in [0.717, 1.165) is 0 Å². The van der Waals surface area contributed by atoms with E-state index in [0.29, 0.717) is 5.56 Å². The van der Waals surface area contributed by atoms with E-state index in [1.165, 1.54) is 6.92 Å². The first-order chi connectivity index (χ1) is 9.15. The third-order valence-corrected chi connectivity index (χ3v) is 2.38. The first-order valence-electron chi connectivity index (χ1n) is 5.81. The van der Waals surface area contributed by atoms with Crippen LogP contribution in [0, 0.1) is 0 Å². The second kappa shape index (κ2) is 6.31. The molecule has 0 spiro atoms. The van der Waals surface area contributed by atoms with Crippen LogP contribution in [-0.4, -0.2) is 37.7 Å². The Hall–Kier alpha value is -1.92. The molecule has 6 nitrogen and oxygen atoms in total. The summed E-state index contributed by atoms with van der Waals surface area (Å²) in [6.45, 7) is 1.37. The van der Waals surface area contributed by atoms with E-state index < -0.39 is 24.5 Å². The topological polar surface area (TPSA) is 71.1 Å². The third kappa shape index (κ3) is 4.04. The van der Waals surface area contributed by atoms with Crippen molar-refractivity contribution in [3.63, 3.8) is 0 Å². The molecule has 0 radical (unpaired) electrons. The van der Waals surface area contributed by atoms with Crippen LogP contribution < -0.4 is 0 Å². The standard InChI is InChI=1S/C13H14O6/c1-9(14)18-12-8-16-11(19-12)7-17-13(15)10-5-3-2-4-6-10/h2-6,11-12H,7-8H2,1H3/t11-,12-/m0/s1. The number of hydrogen-bond acceptors (Lipinski definition) is 6. The average molecular weight is 266 g/mol. The highest BCUT2D eigenvalue weighted by atomic mass is 16.8. The first-order valence-corrected chi connectivity index (χ1v) is 5.81. The van der Waals surface area contributed by atoms with Crippen molar-refractivity contribution >= 4 is 11.9 Å².